The number of halogens is 1. The van der Waals surface area contributed by atoms with Gasteiger partial charge in [0.1, 0.15) is 11.6 Å². The molecule has 2 aromatic rings. The maximum absolute atomic E-state index is 13.1. The Morgan fingerprint density at radius 1 is 1.19 bits per heavy atom. The third kappa shape index (κ3) is 3.84. The Bertz CT molecular complexity index is 735. The lowest BCUT2D eigenvalue weighted by molar-refractivity contribution is 0.0120. The Balaban J connectivity index is 1.32. The van der Waals surface area contributed by atoms with E-state index < -0.39 is 0 Å². The molecule has 26 heavy (non-hydrogen) atoms. The molecule has 2 saturated heterocycles. The highest BCUT2D eigenvalue weighted by Crippen LogP contribution is 2.36. The van der Waals surface area contributed by atoms with Gasteiger partial charge in [-0.05, 0) is 48.4 Å². The summed E-state index contributed by atoms with van der Waals surface area (Å²) in [6.45, 7) is 3.54. The molecule has 0 amide bonds. The van der Waals surface area contributed by atoms with Crippen LogP contribution in [-0.2, 0) is 11.3 Å². The van der Waals surface area contributed by atoms with Gasteiger partial charge in [0.05, 0.1) is 25.4 Å². The lowest BCUT2D eigenvalue weighted by Crippen LogP contribution is -2.33. The third-order valence-corrected chi connectivity index (χ3v) is 5.38. The molecule has 4 nitrogen and oxygen atoms in total. The van der Waals surface area contributed by atoms with Crippen LogP contribution >= 0.6 is 0 Å². The summed E-state index contributed by atoms with van der Waals surface area (Å²) in [5.41, 5.74) is 2.19. The van der Waals surface area contributed by atoms with Crippen LogP contribution < -0.4 is 10.1 Å². The normalized spacial score (nSPS) is 25.7. The van der Waals surface area contributed by atoms with E-state index in [2.05, 4.69) is 10.2 Å². The van der Waals surface area contributed by atoms with Gasteiger partial charge in [-0.3, -0.25) is 4.90 Å². The first-order valence-corrected chi connectivity index (χ1v) is 9.15. The van der Waals surface area contributed by atoms with Crippen LogP contribution in [0.3, 0.4) is 0 Å². The fraction of sp³-hybridized carbons (Fsp3) is 0.429. The van der Waals surface area contributed by atoms with E-state index in [9.17, 15) is 4.39 Å². The summed E-state index contributed by atoms with van der Waals surface area (Å²) in [5, 5.41) is 3.57. The first-order chi connectivity index (χ1) is 12.6. The lowest BCUT2D eigenvalue weighted by Gasteiger charge is -2.23. The number of likely N-dealkylation sites (tertiary alicyclic amines) is 1. The Kier molecular flexibility index (Phi) is 4.83. The minimum Gasteiger partial charge on any atom is -0.497 e. The average molecular weight is 356 g/mol. The molecule has 1 spiro atoms. The Hall–Kier alpha value is -2.11. The summed E-state index contributed by atoms with van der Waals surface area (Å²) in [5.74, 6) is 0.681. The van der Waals surface area contributed by atoms with Crippen LogP contribution in [0.2, 0.25) is 0 Å². The first kappa shape index (κ1) is 17.3. The van der Waals surface area contributed by atoms with Gasteiger partial charge >= 0.3 is 0 Å². The monoisotopic (exact) mass is 356 g/mol. The Labute approximate surface area is 153 Å². The van der Waals surface area contributed by atoms with Gasteiger partial charge in [-0.15, -0.1) is 0 Å². The molecule has 2 aliphatic rings. The van der Waals surface area contributed by atoms with E-state index in [1.165, 1.54) is 12.1 Å². The van der Waals surface area contributed by atoms with Crippen LogP contribution in [0, 0.1) is 5.82 Å². The van der Waals surface area contributed by atoms with Crippen molar-refractivity contribution < 1.29 is 13.9 Å². The number of hydrogen-bond acceptors (Lipinski definition) is 4. The zero-order chi connectivity index (χ0) is 18.0. The maximum atomic E-state index is 13.1. The number of nitrogens with zero attached hydrogens (tertiary/aromatic N) is 1. The van der Waals surface area contributed by atoms with Crippen molar-refractivity contribution >= 4 is 5.69 Å². The van der Waals surface area contributed by atoms with Crippen LogP contribution in [0.15, 0.2) is 48.5 Å². The van der Waals surface area contributed by atoms with E-state index in [4.69, 9.17) is 9.47 Å². The van der Waals surface area contributed by atoms with Crippen LogP contribution in [0.5, 0.6) is 5.75 Å². The highest BCUT2D eigenvalue weighted by Gasteiger charge is 2.45. The molecule has 2 unspecified atom stereocenters. The largest absolute Gasteiger partial charge is 0.497 e. The molecule has 0 radical (unpaired) electrons. The van der Waals surface area contributed by atoms with Crippen molar-refractivity contribution in [2.75, 3.05) is 32.1 Å². The van der Waals surface area contributed by atoms with Crippen molar-refractivity contribution in [1.82, 2.24) is 4.90 Å². The van der Waals surface area contributed by atoms with E-state index in [1.54, 1.807) is 7.11 Å². The molecule has 0 saturated carbocycles. The standard InChI is InChI=1S/C21H25FN2O2/c1-25-20-8-6-18(7-9-20)23-19-12-21(26-14-19)10-11-24(15-21)13-16-2-4-17(22)5-3-16/h2-9,19,23H,10-15H2,1H3. The molecule has 0 aliphatic carbocycles. The minimum absolute atomic E-state index is 0.0514. The van der Waals surface area contributed by atoms with Gasteiger partial charge in [0.25, 0.3) is 0 Å². The molecule has 5 heteroatoms. The zero-order valence-corrected chi connectivity index (χ0v) is 15.1. The van der Waals surface area contributed by atoms with E-state index >= 15 is 0 Å². The lowest BCUT2D eigenvalue weighted by atomic mass is 9.97. The number of ether oxygens (including phenoxy) is 2. The maximum Gasteiger partial charge on any atom is 0.123 e. The average Bonchev–Trinajstić information content (AvgIpc) is 3.24. The highest BCUT2D eigenvalue weighted by molar-refractivity contribution is 5.47. The number of benzene rings is 2. The molecule has 1 N–H and O–H groups in total. The smallest absolute Gasteiger partial charge is 0.123 e. The van der Waals surface area contributed by atoms with Crippen molar-refractivity contribution in [3.05, 3.63) is 59.9 Å². The second kappa shape index (κ2) is 7.25. The first-order valence-electron chi connectivity index (χ1n) is 9.15. The van der Waals surface area contributed by atoms with E-state index in [0.717, 1.165) is 56.1 Å². The Morgan fingerprint density at radius 3 is 2.69 bits per heavy atom. The summed E-state index contributed by atoms with van der Waals surface area (Å²) in [6, 6.07) is 15.1. The molecule has 2 aromatic carbocycles. The van der Waals surface area contributed by atoms with Gasteiger partial charge in [0.15, 0.2) is 0 Å². The van der Waals surface area contributed by atoms with E-state index in [0.29, 0.717) is 6.04 Å². The molecule has 4 rings (SSSR count). The van der Waals surface area contributed by atoms with E-state index in [-0.39, 0.29) is 11.4 Å². The predicted molar refractivity (Wildman–Crippen MR) is 100.0 cm³/mol. The van der Waals surface area contributed by atoms with Crippen molar-refractivity contribution in [3.8, 4) is 5.75 Å². The third-order valence-electron chi connectivity index (χ3n) is 5.38. The fourth-order valence-corrected chi connectivity index (χ4v) is 4.05. The zero-order valence-electron chi connectivity index (χ0n) is 15.1. The van der Waals surface area contributed by atoms with E-state index in [1.807, 2.05) is 36.4 Å². The summed E-state index contributed by atoms with van der Waals surface area (Å²) in [4.78, 5) is 2.41. The second-order valence-electron chi connectivity index (χ2n) is 7.36. The van der Waals surface area contributed by atoms with Crippen molar-refractivity contribution in [1.29, 1.82) is 0 Å². The summed E-state index contributed by atoms with van der Waals surface area (Å²) in [6.07, 6.45) is 2.06. The predicted octanol–water partition coefficient (Wildman–Crippen LogP) is 3.68. The summed E-state index contributed by atoms with van der Waals surface area (Å²) in [7, 11) is 1.68. The summed E-state index contributed by atoms with van der Waals surface area (Å²) >= 11 is 0. The molecule has 2 aliphatic heterocycles. The van der Waals surface area contributed by atoms with Gasteiger partial charge in [-0.25, -0.2) is 4.39 Å². The molecule has 138 valence electrons. The molecule has 2 fully saturated rings. The minimum atomic E-state index is -0.182. The second-order valence-corrected chi connectivity index (χ2v) is 7.36. The molecular formula is C21H25FN2O2. The Morgan fingerprint density at radius 2 is 1.96 bits per heavy atom. The van der Waals surface area contributed by atoms with Crippen LogP contribution in [-0.4, -0.2) is 43.3 Å². The molecule has 0 aromatic heterocycles. The van der Waals surface area contributed by atoms with Gasteiger partial charge in [0, 0.05) is 31.7 Å². The van der Waals surface area contributed by atoms with Crippen LogP contribution in [0.25, 0.3) is 0 Å². The highest BCUT2D eigenvalue weighted by atomic mass is 19.1. The SMILES string of the molecule is COc1ccc(NC2COC3(CCN(Cc4ccc(F)cc4)C3)C2)cc1. The van der Waals surface area contributed by atoms with Crippen LogP contribution in [0.4, 0.5) is 10.1 Å². The van der Waals surface area contributed by atoms with Gasteiger partial charge in [-0.2, -0.15) is 0 Å². The molecule has 0 bridgehead atoms. The number of anilines is 1. The molecule has 2 heterocycles. The van der Waals surface area contributed by atoms with Crippen molar-refractivity contribution in [2.45, 2.75) is 31.0 Å². The van der Waals surface area contributed by atoms with Gasteiger partial charge in [-0.1, -0.05) is 12.1 Å². The van der Waals surface area contributed by atoms with Gasteiger partial charge in [0.2, 0.25) is 0 Å². The quantitative estimate of drug-likeness (QED) is 0.886. The topological polar surface area (TPSA) is 33.7 Å². The van der Waals surface area contributed by atoms with Crippen molar-refractivity contribution in [3.63, 3.8) is 0 Å². The number of rotatable bonds is 5. The number of hydrogen-bond donors (Lipinski definition) is 1. The molecular weight excluding hydrogens is 331 g/mol. The fourth-order valence-electron chi connectivity index (χ4n) is 4.05. The number of nitrogens with one attached hydrogen (secondary N) is 1. The van der Waals surface area contributed by atoms with Crippen molar-refractivity contribution in [2.24, 2.45) is 0 Å². The van der Waals surface area contributed by atoms with Crippen LogP contribution in [0.1, 0.15) is 18.4 Å². The number of methoxy groups -OCH3 is 1. The molecule has 2 atom stereocenters. The van der Waals surface area contributed by atoms with Gasteiger partial charge < -0.3 is 14.8 Å². The summed E-state index contributed by atoms with van der Waals surface area (Å²) < 4.78 is 24.5.